The molecule has 0 bridgehead atoms. The van der Waals surface area contributed by atoms with Crippen molar-refractivity contribution in [2.24, 2.45) is 5.92 Å². The monoisotopic (exact) mass is 402 g/mol. The van der Waals surface area contributed by atoms with Crippen molar-refractivity contribution in [3.05, 3.63) is 59.9 Å². The van der Waals surface area contributed by atoms with Gasteiger partial charge in [-0.25, -0.2) is 18.7 Å². The summed E-state index contributed by atoms with van der Waals surface area (Å²) in [5.41, 5.74) is 1.76. The fourth-order valence-corrected chi connectivity index (χ4v) is 3.94. The zero-order valence-corrected chi connectivity index (χ0v) is 15.9. The van der Waals surface area contributed by atoms with Crippen molar-refractivity contribution < 1.29 is 13.5 Å². The van der Waals surface area contributed by atoms with Gasteiger partial charge in [-0.2, -0.15) is 0 Å². The van der Waals surface area contributed by atoms with Gasteiger partial charge in [0.2, 0.25) is 0 Å². The lowest BCUT2D eigenvalue weighted by molar-refractivity contribution is 0.123. The quantitative estimate of drug-likeness (QED) is 0.675. The fraction of sp³-hybridized carbons (Fsp3) is 0.300. The first kappa shape index (κ1) is 18.9. The molecule has 1 saturated heterocycles. The van der Waals surface area contributed by atoms with E-state index in [9.17, 15) is 8.78 Å². The smallest absolute Gasteiger partial charge is 0.188 e. The number of pyridine rings is 1. The van der Waals surface area contributed by atoms with Gasteiger partial charge in [0, 0.05) is 25.5 Å². The number of rotatable bonds is 5. The van der Waals surface area contributed by atoms with Gasteiger partial charge >= 0.3 is 0 Å². The molecule has 5 nitrogen and oxygen atoms in total. The molecule has 0 amide bonds. The predicted molar refractivity (Wildman–Crippen MR) is 106 cm³/mol. The maximum absolute atomic E-state index is 13.5. The van der Waals surface area contributed by atoms with Gasteiger partial charge in [0.05, 0.1) is 18.1 Å². The number of halogens is 2. The van der Waals surface area contributed by atoms with Gasteiger partial charge in [-0.3, -0.25) is 0 Å². The number of hydrogen-bond donors (Lipinski definition) is 2. The molecule has 0 radical (unpaired) electrons. The molecule has 28 heavy (non-hydrogen) atoms. The molecule has 4 rings (SSSR count). The first-order chi connectivity index (χ1) is 13.7. The van der Waals surface area contributed by atoms with E-state index in [2.05, 4.69) is 20.6 Å². The molecule has 1 aliphatic rings. The van der Waals surface area contributed by atoms with Gasteiger partial charge in [-0.05, 0) is 47.7 Å². The fourth-order valence-electron chi connectivity index (χ4n) is 3.12. The Bertz CT molecular complexity index is 941. The summed E-state index contributed by atoms with van der Waals surface area (Å²) in [4.78, 5) is 9.42. The number of ether oxygens (including phenoxy) is 1. The van der Waals surface area contributed by atoms with E-state index >= 15 is 0 Å². The van der Waals surface area contributed by atoms with Crippen molar-refractivity contribution in [2.75, 3.05) is 31.6 Å². The van der Waals surface area contributed by atoms with Crippen molar-refractivity contribution in [3.63, 3.8) is 0 Å². The van der Waals surface area contributed by atoms with Gasteiger partial charge in [-0.15, -0.1) is 0 Å². The molecule has 146 valence electrons. The molecule has 1 atom stereocenters. The average molecular weight is 402 g/mol. The van der Waals surface area contributed by atoms with Crippen LogP contribution in [0.1, 0.15) is 5.56 Å². The summed E-state index contributed by atoms with van der Waals surface area (Å²) in [5, 5.41) is 7.22. The molecule has 1 unspecified atom stereocenters. The van der Waals surface area contributed by atoms with Gasteiger partial charge in [0.15, 0.2) is 16.8 Å². The molecule has 1 fully saturated rings. The summed E-state index contributed by atoms with van der Waals surface area (Å²) in [7, 11) is 0. The SMILES string of the molecule is Fc1ccc(-c2cnc(Nc3cc(CC4CNCCOC4)ccn3)s2)cc1F. The first-order valence-electron chi connectivity index (χ1n) is 9.09. The highest BCUT2D eigenvalue weighted by atomic mass is 32.1. The number of hydrogen-bond acceptors (Lipinski definition) is 6. The summed E-state index contributed by atoms with van der Waals surface area (Å²) in [6, 6.07) is 7.84. The Balaban J connectivity index is 1.44. The average Bonchev–Trinajstić information content (AvgIpc) is 3.00. The van der Waals surface area contributed by atoms with Crippen LogP contribution in [0.5, 0.6) is 0 Å². The van der Waals surface area contributed by atoms with E-state index in [1.807, 2.05) is 12.1 Å². The lowest BCUT2D eigenvalue weighted by Crippen LogP contribution is -2.24. The van der Waals surface area contributed by atoms with Crippen molar-refractivity contribution in [1.29, 1.82) is 0 Å². The Labute approximate surface area is 165 Å². The maximum Gasteiger partial charge on any atom is 0.188 e. The number of nitrogens with zero attached hydrogens (tertiary/aromatic N) is 2. The Kier molecular flexibility index (Phi) is 5.90. The largest absolute Gasteiger partial charge is 0.380 e. The molecule has 8 heteroatoms. The van der Waals surface area contributed by atoms with Crippen LogP contribution in [-0.4, -0.2) is 36.3 Å². The van der Waals surface area contributed by atoms with Crippen molar-refractivity contribution in [2.45, 2.75) is 6.42 Å². The van der Waals surface area contributed by atoms with Crippen LogP contribution in [0, 0.1) is 17.6 Å². The lowest BCUT2D eigenvalue weighted by Gasteiger charge is -2.14. The van der Waals surface area contributed by atoms with Crippen LogP contribution in [0.25, 0.3) is 10.4 Å². The van der Waals surface area contributed by atoms with E-state index in [-0.39, 0.29) is 0 Å². The van der Waals surface area contributed by atoms with Gasteiger partial charge in [0.25, 0.3) is 0 Å². The molecule has 0 saturated carbocycles. The van der Waals surface area contributed by atoms with E-state index < -0.39 is 11.6 Å². The Morgan fingerprint density at radius 1 is 1.18 bits per heavy atom. The molecule has 3 heterocycles. The predicted octanol–water partition coefficient (Wildman–Crippen LogP) is 4.01. The summed E-state index contributed by atoms with van der Waals surface area (Å²) in [5.74, 6) is -0.600. The van der Waals surface area contributed by atoms with Crippen molar-refractivity contribution in [1.82, 2.24) is 15.3 Å². The zero-order valence-electron chi connectivity index (χ0n) is 15.1. The minimum Gasteiger partial charge on any atom is -0.380 e. The highest BCUT2D eigenvalue weighted by Gasteiger charge is 2.14. The second-order valence-electron chi connectivity index (χ2n) is 6.68. The van der Waals surface area contributed by atoms with E-state index in [1.54, 1.807) is 12.4 Å². The molecular formula is C20H20F2N4OS. The topological polar surface area (TPSA) is 59.1 Å². The molecule has 3 aromatic rings. The molecule has 1 aliphatic heterocycles. The molecule has 0 spiro atoms. The van der Waals surface area contributed by atoms with Gasteiger partial charge in [-0.1, -0.05) is 17.4 Å². The van der Waals surface area contributed by atoms with E-state index in [0.717, 1.165) is 43.7 Å². The molecule has 2 aromatic heterocycles. The summed E-state index contributed by atoms with van der Waals surface area (Å²) in [6.45, 7) is 3.34. The second-order valence-corrected chi connectivity index (χ2v) is 7.71. The first-order valence-corrected chi connectivity index (χ1v) is 9.91. The highest BCUT2D eigenvalue weighted by Crippen LogP contribution is 2.31. The normalized spacial score (nSPS) is 17.3. The Hall–Kier alpha value is -2.42. The molecule has 0 aliphatic carbocycles. The van der Waals surface area contributed by atoms with Crippen LogP contribution in [0.4, 0.5) is 19.7 Å². The number of anilines is 2. The van der Waals surface area contributed by atoms with E-state index in [0.29, 0.717) is 22.4 Å². The van der Waals surface area contributed by atoms with Crippen LogP contribution in [0.15, 0.2) is 42.7 Å². The molecular weight excluding hydrogens is 382 g/mol. The van der Waals surface area contributed by atoms with Crippen LogP contribution in [0.2, 0.25) is 0 Å². The third-order valence-corrected chi connectivity index (χ3v) is 5.47. The van der Waals surface area contributed by atoms with Crippen LogP contribution >= 0.6 is 11.3 Å². The maximum atomic E-state index is 13.5. The molecule has 2 N–H and O–H groups in total. The van der Waals surface area contributed by atoms with Gasteiger partial charge < -0.3 is 15.4 Å². The number of thiazole rings is 1. The third-order valence-electron chi connectivity index (χ3n) is 4.50. The lowest BCUT2D eigenvalue weighted by atomic mass is 10.0. The van der Waals surface area contributed by atoms with Crippen LogP contribution in [-0.2, 0) is 11.2 Å². The number of aromatic nitrogens is 2. The molecule has 1 aromatic carbocycles. The van der Waals surface area contributed by atoms with Crippen LogP contribution < -0.4 is 10.6 Å². The zero-order chi connectivity index (χ0) is 19.3. The third kappa shape index (κ3) is 4.70. The highest BCUT2D eigenvalue weighted by molar-refractivity contribution is 7.18. The summed E-state index contributed by atoms with van der Waals surface area (Å²) in [6.07, 6.45) is 4.31. The second kappa shape index (κ2) is 8.72. The summed E-state index contributed by atoms with van der Waals surface area (Å²) >= 11 is 1.36. The van der Waals surface area contributed by atoms with E-state index in [4.69, 9.17) is 4.74 Å². The minimum atomic E-state index is -0.869. The van der Waals surface area contributed by atoms with E-state index in [1.165, 1.54) is 29.0 Å². The van der Waals surface area contributed by atoms with Gasteiger partial charge in [0.1, 0.15) is 5.82 Å². The number of benzene rings is 1. The van der Waals surface area contributed by atoms with Crippen molar-refractivity contribution in [3.8, 4) is 10.4 Å². The van der Waals surface area contributed by atoms with Crippen molar-refractivity contribution >= 4 is 22.3 Å². The Morgan fingerprint density at radius 3 is 3.00 bits per heavy atom. The number of nitrogens with one attached hydrogen (secondary N) is 2. The summed E-state index contributed by atoms with van der Waals surface area (Å²) < 4.78 is 32.2. The Morgan fingerprint density at radius 2 is 2.11 bits per heavy atom. The standard InChI is InChI=1S/C20H20F2N4OS/c21-16-2-1-15(9-17(16)22)18-11-25-20(28-18)26-19-8-13(3-4-24-19)7-14-10-23-5-6-27-12-14/h1-4,8-9,11,14,23H,5-7,10,12H2,(H,24,25,26). The minimum absolute atomic E-state index is 0.428. The van der Waals surface area contributed by atoms with Crippen LogP contribution in [0.3, 0.4) is 0 Å².